The summed E-state index contributed by atoms with van der Waals surface area (Å²) in [5.74, 6) is 0.304. The molecule has 1 saturated heterocycles. The summed E-state index contributed by atoms with van der Waals surface area (Å²) < 4.78 is 51.2. The average Bonchev–Trinajstić information content (AvgIpc) is 3.11. The van der Waals surface area contributed by atoms with Gasteiger partial charge in [-0.25, -0.2) is 12.8 Å². The van der Waals surface area contributed by atoms with Gasteiger partial charge in [0.2, 0.25) is 15.9 Å². The fraction of sp³-hybridized carbons (Fsp3) is 0.412. The maximum absolute atomic E-state index is 13.9. The Morgan fingerprint density at radius 2 is 2.00 bits per heavy atom. The standard InChI is InChI=1S/C17H21FN4O4S/c1-21(2)16-6-7-17(20-19-16)26-12-8-9-22(11-12)27(23,24)13-4-5-15(25-3)14(18)10-13/h4-7,10,12H,8-9,11H2,1-3H3/t12-/m1/s1. The van der Waals surface area contributed by atoms with E-state index >= 15 is 0 Å². The molecule has 0 unspecified atom stereocenters. The molecule has 10 heteroatoms. The molecule has 1 aliphatic heterocycles. The zero-order chi connectivity index (χ0) is 19.6. The first-order valence-electron chi connectivity index (χ1n) is 8.32. The summed E-state index contributed by atoms with van der Waals surface area (Å²) >= 11 is 0. The normalized spacial score (nSPS) is 17.7. The number of methoxy groups -OCH3 is 1. The molecular weight excluding hydrogens is 375 g/mol. The number of hydrogen-bond acceptors (Lipinski definition) is 7. The minimum Gasteiger partial charge on any atom is -0.494 e. The van der Waals surface area contributed by atoms with Gasteiger partial charge in [0.15, 0.2) is 17.4 Å². The van der Waals surface area contributed by atoms with E-state index in [0.717, 1.165) is 6.07 Å². The predicted octanol–water partition coefficient (Wildman–Crippen LogP) is 1.53. The van der Waals surface area contributed by atoms with Crippen LogP contribution in [0.5, 0.6) is 11.6 Å². The molecule has 1 fully saturated rings. The van der Waals surface area contributed by atoms with E-state index in [1.807, 2.05) is 19.0 Å². The van der Waals surface area contributed by atoms with Crippen molar-refractivity contribution in [1.82, 2.24) is 14.5 Å². The number of anilines is 1. The van der Waals surface area contributed by atoms with Crippen LogP contribution in [0.3, 0.4) is 0 Å². The molecule has 146 valence electrons. The van der Waals surface area contributed by atoms with Crippen LogP contribution in [0.1, 0.15) is 6.42 Å². The van der Waals surface area contributed by atoms with Crippen molar-refractivity contribution in [3.8, 4) is 11.6 Å². The number of ether oxygens (including phenoxy) is 2. The van der Waals surface area contributed by atoms with Crippen LogP contribution >= 0.6 is 0 Å². The van der Waals surface area contributed by atoms with Crippen molar-refractivity contribution >= 4 is 15.8 Å². The summed E-state index contributed by atoms with van der Waals surface area (Å²) in [6.07, 6.45) is 0.164. The number of halogens is 1. The van der Waals surface area contributed by atoms with Crippen molar-refractivity contribution in [2.45, 2.75) is 17.4 Å². The highest BCUT2D eigenvalue weighted by atomic mass is 32.2. The second-order valence-electron chi connectivity index (χ2n) is 6.31. The number of aromatic nitrogens is 2. The molecule has 27 heavy (non-hydrogen) atoms. The Morgan fingerprint density at radius 3 is 2.59 bits per heavy atom. The van der Waals surface area contributed by atoms with Gasteiger partial charge in [-0.05, 0) is 30.7 Å². The van der Waals surface area contributed by atoms with E-state index < -0.39 is 15.8 Å². The highest BCUT2D eigenvalue weighted by molar-refractivity contribution is 7.89. The number of sulfonamides is 1. The molecule has 1 aromatic carbocycles. The Kier molecular flexibility index (Phi) is 5.47. The molecule has 1 atom stereocenters. The monoisotopic (exact) mass is 396 g/mol. The van der Waals surface area contributed by atoms with E-state index in [1.165, 1.54) is 23.5 Å². The molecule has 0 radical (unpaired) electrons. The fourth-order valence-electron chi connectivity index (χ4n) is 2.75. The first-order chi connectivity index (χ1) is 12.8. The van der Waals surface area contributed by atoms with Crippen molar-refractivity contribution in [2.75, 3.05) is 39.2 Å². The van der Waals surface area contributed by atoms with Gasteiger partial charge in [-0.1, -0.05) is 0 Å². The zero-order valence-corrected chi connectivity index (χ0v) is 16.1. The van der Waals surface area contributed by atoms with Crippen LogP contribution in [-0.2, 0) is 10.0 Å². The summed E-state index contributed by atoms with van der Waals surface area (Å²) in [5, 5.41) is 8.02. The highest BCUT2D eigenvalue weighted by Gasteiger charge is 2.34. The second kappa shape index (κ2) is 7.65. The summed E-state index contributed by atoms with van der Waals surface area (Å²) in [4.78, 5) is 1.70. The van der Waals surface area contributed by atoms with Crippen molar-refractivity contribution in [1.29, 1.82) is 0 Å². The summed E-state index contributed by atoms with van der Waals surface area (Å²) in [7, 11) is 1.21. The Labute approximate surface area is 157 Å². The first-order valence-corrected chi connectivity index (χ1v) is 9.76. The molecule has 2 heterocycles. The van der Waals surface area contributed by atoms with Crippen LogP contribution in [-0.4, -0.2) is 63.3 Å². The number of benzene rings is 1. The van der Waals surface area contributed by atoms with Crippen LogP contribution in [0, 0.1) is 5.82 Å². The molecule has 2 aromatic rings. The van der Waals surface area contributed by atoms with Crippen molar-refractivity contribution < 1.29 is 22.3 Å². The Morgan fingerprint density at radius 1 is 1.22 bits per heavy atom. The quantitative estimate of drug-likeness (QED) is 0.732. The van der Waals surface area contributed by atoms with Gasteiger partial charge in [-0.3, -0.25) is 0 Å². The van der Waals surface area contributed by atoms with Gasteiger partial charge < -0.3 is 14.4 Å². The Bertz CT molecular complexity index is 906. The predicted molar refractivity (Wildman–Crippen MR) is 97.1 cm³/mol. The van der Waals surface area contributed by atoms with Gasteiger partial charge in [0.25, 0.3) is 0 Å². The summed E-state index contributed by atoms with van der Waals surface area (Å²) in [6, 6.07) is 7.06. The number of hydrogen-bond donors (Lipinski definition) is 0. The molecule has 0 saturated carbocycles. The smallest absolute Gasteiger partial charge is 0.243 e. The minimum atomic E-state index is -3.81. The molecule has 0 spiro atoms. The lowest BCUT2D eigenvalue weighted by Gasteiger charge is -2.17. The van der Waals surface area contributed by atoms with E-state index in [-0.39, 0.29) is 29.8 Å². The topological polar surface area (TPSA) is 84.9 Å². The number of nitrogens with zero attached hydrogens (tertiary/aromatic N) is 4. The van der Waals surface area contributed by atoms with Crippen LogP contribution in [0.4, 0.5) is 10.2 Å². The lowest BCUT2D eigenvalue weighted by atomic mass is 10.3. The largest absolute Gasteiger partial charge is 0.494 e. The summed E-state index contributed by atoms with van der Waals surface area (Å²) in [6.45, 7) is 0.441. The van der Waals surface area contributed by atoms with E-state index in [1.54, 1.807) is 12.1 Å². The van der Waals surface area contributed by atoms with Gasteiger partial charge in [-0.15, -0.1) is 10.2 Å². The molecule has 0 aliphatic carbocycles. The van der Waals surface area contributed by atoms with Gasteiger partial charge in [0.05, 0.1) is 18.6 Å². The van der Waals surface area contributed by atoms with Crippen molar-refractivity contribution in [2.24, 2.45) is 0 Å². The molecule has 1 aliphatic rings. The zero-order valence-electron chi connectivity index (χ0n) is 15.3. The van der Waals surface area contributed by atoms with E-state index in [0.29, 0.717) is 18.1 Å². The van der Waals surface area contributed by atoms with Crippen LogP contribution < -0.4 is 14.4 Å². The van der Waals surface area contributed by atoms with Gasteiger partial charge in [0.1, 0.15) is 6.10 Å². The molecule has 8 nitrogen and oxygen atoms in total. The lowest BCUT2D eigenvalue weighted by Crippen LogP contribution is -2.31. The third-order valence-corrected chi connectivity index (χ3v) is 6.10. The third kappa shape index (κ3) is 4.11. The fourth-order valence-corrected chi connectivity index (χ4v) is 4.25. The lowest BCUT2D eigenvalue weighted by molar-refractivity contribution is 0.204. The van der Waals surface area contributed by atoms with Crippen LogP contribution in [0.2, 0.25) is 0 Å². The van der Waals surface area contributed by atoms with Gasteiger partial charge in [-0.2, -0.15) is 4.31 Å². The van der Waals surface area contributed by atoms with Crippen LogP contribution in [0.25, 0.3) is 0 Å². The van der Waals surface area contributed by atoms with Gasteiger partial charge in [0, 0.05) is 26.7 Å². The Balaban J connectivity index is 1.68. The SMILES string of the molecule is COc1ccc(S(=O)(=O)N2CC[C@@H](Oc3ccc(N(C)C)nn3)C2)cc1F. The molecule has 1 aromatic heterocycles. The van der Waals surface area contributed by atoms with E-state index in [9.17, 15) is 12.8 Å². The van der Waals surface area contributed by atoms with Gasteiger partial charge >= 0.3 is 0 Å². The molecule has 0 N–H and O–H groups in total. The molecular formula is C17H21FN4O4S. The second-order valence-corrected chi connectivity index (χ2v) is 8.25. The van der Waals surface area contributed by atoms with Crippen molar-refractivity contribution in [3.63, 3.8) is 0 Å². The average molecular weight is 396 g/mol. The number of rotatable bonds is 6. The van der Waals surface area contributed by atoms with E-state index in [4.69, 9.17) is 9.47 Å². The highest BCUT2D eigenvalue weighted by Crippen LogP contribution is 2.26. The molecule has 0 amide bonds. The maximum Gasteiger partial charge on any atom is 0.243 e. The Hall–Kier alpha value is -2.46. The summed E-state index contributed by atoms with van der Waals surface area (Å²) in [5.41, 5.74) is 0. The molecule has 3 rings (SSSR count). The van der Waals surface area contributed by atoms with Crippen molar-refractivity contribution in [3.05, 3.63) is 36.1 Å². The third-order valence-electron chi connectivity index (χ3n) is 4.24. The van der Waals surface area contributed by atoms with E-state index in [2.05, 4.69) is 10.2 Å². The maximum atomic E-state index is 13.9. The van der Waals surface area contributed by atoms with Crippen LogP contribution in [0.15, 0.2) is 35.2 Å². The first kappa shape index (κ1) is 19.3. The molecule has 0 bridgehead atoms. The minimum absolute atomic E-state index is 0.00340.